The van der Waals surface area contributed by atoms with Crippen LogP contribution in [0.5, 0.6) is 0 Å². The summed E-state index contributed by atoms with van der Waals surface area (Å²) < 4.78 is 7.55. The van der Waals surface area contributed by atoms with Crippen LogP contribution in [0, 0.1) is 11.8 Å². The number of aromatic amines is 1. The van der Waals surface area contributed by atoms with Crippen molar-refractivity contribution in [3.63, 3.8) is 0 Å². The van der Waals surface area contributed by atoms with Crippen LogP contribution in [0.15, 0.2) is 47.3 Å². The molecular weight excluding hydrogens is 498 g/mol. The first-order valence-corrected chi connectivity index (χ1v) is 12.2. The largest absolute Gasteiger partial charge is 0.383 e. The molecule has 1 aromatic carbocycles. The number of methoxy groups -OCH3 is 1. The van der Waals surface area contributed by atoms with E-state index in [0.717, 1.165) is 59.5 Å². The molecule has 0 aliphatic heterocycles. The van der Waals surface area contributed by atoms with E-state index in [1.54, 1.807) is 13.3 Å². The Hall–Kier alpha value is -3.11. The van der Waals surface area contributed by atoms with E-state index in [1.807, 2.05) is 41.2 Å². The lowest BCUT2D eigenvalue weighted by Crippen LogP contribution is -2.32. The Morgan fingerprint density at radius 2 is 2.12 bits per heavy atom. The molecule has 10 heteroatoms. The number of carbonyl (C=O) groups is 1. The number of ether oxygens (including phenoxy) is 1. The van der Waals surface area contributed by atoms with Gasteiger partial charge in [0.1, 0.15) is 10.4 Å². The highest BCUT2D eigenvalue weighted by Crippen LogP contribution is 2.33. The Bertz CT molecular complexity index is 1270. The van der Waals surface area contributed by atoms with Gasteiger partial charge in [-0.05, 0) is 64.9 Å². The fourth-order valence-corrected chi connectivity index (χ4v) is 5.00. The average molecular weight is 524 g/mol. The molecule has 0 unspecified atom stereocenters. The lowest BCUT2D eigenvalue weighted by atomic mass is 10.0. The lowest BCUT2D eigenvalue weighted by Gasteiger charge is -2.11. The van der Waals surface area contributed by atoms with Gasteiger partial charge in [-0.15, -0.1) is 0 Å². The van der Waals surface area contributed by atoms with Crippen molar-refractivity contribution in [1.82, 2.24) is 35.3 Å². The highest BCUT2D eigenvalue weighted by molar-refractivity contribution is 9.10. The van der Waals surface area contributed by atoms with Crippen molar-refractivity contribution in [3.8, 4) is 16.9 Å². The monoisotopic (exact) mass is 523 g/mol. The van der Waals surface area contributed by atoms with Crippen LogP contribution in [0.1, 0.15) is 25.1 Å². The standard InChI is InChI=1S/C24H26BrN7O2/c1-34-11-10-26-24(33)17-3-2-15(12-17)13-21-27-14-19-22(25)31-32(23(19)29-21)18-6-4-16(5-7-18)20-8-9-28-30-20/h4-9,14-15,17H,2-3,10-13H2,1H3,(H,26,33)(H,28,30)/t15-,17-/m1/s1. The number of rotatable bonds is 8. The topological polar surface area (TPSA) is 111 Å². The zero-order chi connectivity index (χ0) is 23.5. The van der Waals surface area contributed by atoms with Gasteiger partial charge >= 0.3 is 0 Å². The minimum atomic E-state index is 0.0543. The molecule has 34 heavy (non-hydrogen) atoms. The molecule has 3 aromatic heterocycles. The van der Waals surface area contributed by atoms with Crippen LogP contribution in [-0.4, -0.2) is 56.1 Å². The van der Waals surface area contributed by atoms with Gasteiger partial charge in [-0.3, -0.25) is 9.89 Å². The fourth-order valence-electron chi connectivity index (χ4n) is 4.56. The first kappa shape index (κ1) is 22.7. The van der Waals surface area contributed by atoms with Gasteiger partial charge in [-0.1, -0.05) is 12.1 Å². The second-order valence-electron chi connectivity index (χ2n) is 8.61. The van der Waals surface area contributed by atoms with E-state index in [1.165, 1.54) is 0 Å². The molecule has 5 rings (SSSR count). The smallest absolute Gasteiger partial charge is 0.223 e. The second kappa shape index (κ2) is 10.0. The molecule has 3 heterocycles. The van der Waals surface area contributed by atoms with Gasteiger partial charge in [0.2, 0.25) is 5.91 Å². The summed E-state index contributed by atoms with van der Waals surface area (Å²) in [6, 6.07) is 10.0. The van der Waals surface area contributed by atoms with Gasteiger partial charge in [-0.2, -0.15) is 10.2 Å². The number of halogens is 1. The van der Waals surface area contributed by atoms with E-state index in [9.17, 15) is 4.79 Å². The number of benzene rings is 1. The van der Waals surface area contributed by atoms with Gasteiger partial charge < -0.3 is 10.1 Å². The minimum Gasteiger partial charge on any atom is -0.383 e. The van der Waals surface area contributed by atoms with Gasteiger partial charge in [-0.25, -0.2) is 14.6 Å². The van der Waals surface area contributed by atoms with E-state index in [0.29, 0.717) is 23.7 Å². The maximum atomic E-state index is 12.4. The highest BCUT2D eigenvalue weighted by atomic mass is 79.9. The first-order valence-electron chi connectivity index (χ1n) is 11.4. The molecular formula is C24H26BrN7O2. The molecule has 0 saturated heterocycles. The van der Waals surface area contributed by atoms with Crippen LogP contribution in [-0.2, 0) is 16.0 Å². The Balaban J connectivity index is 1.32. The highest BCUT2D eigenvalue weighted by Gasteiger charge is 2.30. The first-order chi connectivity index (χ1) is 16.6. The summed E-state index contributed by atoms with van der Waals surface area (Å²) in [4.78, 5) is 21.8. The molecule has 0 bridgehead atoms. The molecule has 2 N–H and O–H groups in total. The number of fused-ring (bicyclic) bond motifs is 1. The van der Waals surface area contributed by atoms with E-state index >= 15 is 0 Å². The zero-order valence-electron chi connectivity index (χ0n) is 18.9. The number of amides is 1. The van der Waals surface area contributed by atoms with Crippen molar-refractivity contribution < 1.29 is 9.53 Å². The van der Waals surface area contributed by atoms with E-state index in [-0.39, 0.29) is 11.8 Å². The summed E-state index contributed by atoms with van der Waals surface area (Å²) in [6.45, 7) is 1.09. The summed E-state index contributed by atoms with van der Waals surface area (Å²) in [5.41, 5.74) is 3.69. The van der Waals surface area contributed by atoms with Gasteiger partial charge in [0.15, 0.2) is 5.65 Å². The molecule has 1 aliphatic rings. The third kappa shape index (κ3) is 4.74. The molecule has 9 nitrogen and oxygen atoms in total. The third-order valence-corrected chi connectivity index (χ3v) is 6.93. The molecule has 1 amide bonds. The molecule has 1 saturated carbocycles. The predicted octanol–water partition coefficient (Wildman–Crippen LogP) is 3.69. The third-order valence-electron chi connectivity index (χ3n) is 6.34. The summed E-state index contributed by atoms with van der Waals surface area (Å²) >= 11 is 3.54. The van der Waals surface area contributed by atoms with Crippen molar-refractivity contribution in [3.05, 3.63) is 53.2 Å². The molecule has 2 atom stereocenters. The summed E-state index contributed by atoms with van der Waals surface area (Å²) in [5, 5.41) is 15.5. The number of aromatic nitrogens is 6. The van der Waals surface area contributed by atoms with Crippen LogP contribution >= 0.6 is 15.9 Å². The second-order valence-corrected chi connectivity index (χ2v) is 9.36. The van der Waals surface area contributed by atoms with Crippen molar-refractivity contribution in [1.29, 1.82) is 0 Å². The summed E-state index contributed by atoms with van der Waals surface area (Å²) in [6.07, 6.45) is 7.07. The number of nitrogens with zero attached hydrogens (tertiary/aromatic N) is 5. The van der Waals surface area contributed by atoms with Crippen LogP contribution in [0.3, 0.4) is 0 Å². The van der Waals surface area contributed by atoms with Crippen LogP contribution in [0.25, 0.3) is 28.0 Å². The number of hydrogen-bond acceptors (Lipinski definition) is 6. The quantitative estimate of drug-likeness (QED) is 0.340. The number of H-pyrrole nitrogens is 1. The van der Waals surface area contributed by atoms with Crippen molar-refractivity contribution in [2.24, 2.45) is 11.8 Å². The van der Waals surface area contributed by atoms with Gasteiger partial charge in [0.05, 0.1) is 23.4 Å². The molecule has 1 fully saturated rings. The fraction of sp³-hybridized carbons (Fsp3) is 0.375. The van der Waals surface area contributed by atoms with Gasteiger partial charge in [0.25, 0.3) is 0 Å². The van der Waals surface area contributed by atoms with Crippen LogP contribution in [0.4, 0.5) is 0 Å². The van der Waals surface area contributed by atoms with Crippen molar-refractivity contribution in [2.75, 3.05) is 20.3 Å². The SMILES string of the molecule is COCCNC(=O)[C@@H]1CC[C@@H](Cc2ncc3c(Br)nn(-c4ccc(-c5ccn[nH]5)cc4)c3n2)C1. The van der Waals surface area contributed by atoms with Crippen molar-refractivity contribution >= 4 is 32.9 Å². The zero-order valence-corrected chi connectivity index (χ0v) is 20.5. The van der Waals surface area contributed by atoms with E-state index in [4.69, 9.17) is 9.72 Å². The van der Waals surface area contributed by atoms with E-state index in [2.05, 4.69) is 41.5 Å². The Morgan fingerprint density at radius 1 is 1.26 bits per heavy atom. The maximum absolute atomic E-state index is 12.4. The van der Waals surface area contributed by atoms with Crippen LogP contribution < -0.4 is 5.32 Å². The Morgan fingerprint density at radius 3 is 2.88 bits per heavy atom. The molecule has 0 radical (unpaired) electrons. The summed E-state index contributed by atoms with van der Waals surface area (Å²) in [5.74, 6) is 1.35. The lowest BCUT2D eigenvalue weighted by molar-refractivity contribution is -0.125. The number of hydrogen-bond donors (Lipinski definition) is 2. The van der Waals surface area contributed by atoms with E-state index < -0.39 is 0 Å². The number of nitrogens with one attached hydrogen (secondary N) is 2. The summed E-state index contributed by atoms with van der Waals surface area (Å²) in [7, 11) is 1.63. The normalized spacial score (nSPS) is 17.9. The predicted molar refractivity (Wildman–Crippen MR) is 131 cm³/mol. The number of carbonyl (C=O) groups excluding carboxylic acids is 1. The maximum Gasteiger partial charge on any atom is 0.223 e. The molecule has 1 aliphatic carbocycles. The Kier molecular flexibility index (Phi) is 6.68. The molecule has 0 spiro atoms. The molecule has 4 aromatic rings. The van der Waals surface area contributed by atoms with Crippen LogP contribution in [0.2, 0.25) is 0 Å². The van der Waals surface area contributed by atoms with Crippen molar-refractivity contribution in [2.45, 2.75) is 25.7 Å². The average Bonchev–Trinajstić information content (AvgIpc) is 3.61. The Labute approximate surface area is 205 Å². The molecule has 176 valence electrons. The minimum absolute atomic E-state index is 0.0543. The van der Waals surface area contributed by atoms with Gasteiger partial charge in [0, 0.05) is 38.4 Å².